The average Bonchev–Trinajstić information content (AvgIpc) is 2.86. The lowest BCUT2D eigenvalue weighted by atomic mass is 9.79. The first-order valence-corrected chi connectivity index (χ1v) is 6.91. The Bertz CT molecular complexity index is 627. The van der Waals surface area contributed by atoms with Crippen LogP contribution in [-0.4, -0.2) is 29.8 Å². The van der Waals surface area contributed by atoms with E-state index in [0.717, 1.165) is 12.0 Å². The normalized spacial score (nSPS) is 23.0. The van der Waals surface area contributed by atoms with Crippen LogP contribution < -0.4 is 5.32 Å². The van der Waals surface area contributed by atoms with Gasteiger partial charge < -0.3 is 15.4 Å². The summed E-state index contributed by atoms with van der Waals surface area (Å²) in [6.45, 7) is 2.14. The molecule has 3 rings (SSSR count). The van der Waals surface area contributed by atoms with E-state index in [-0.39, 0.29) is 6.61 Å². The maximum atomic E-state index is 9.29. The van der Waals surface area contributed by atoms with Crippen molar-refractivity contribution in [3.63, 3.8) is 0 Å². The number of aromatic amines is 1. The quantitative estimate of drug-likeness (QED) is 0.713. The predicted octanol–water partition coefficient (Wildman–Crippen LogP) is 1.31. The molecule has 2 atom stereocenters. The van der Waals surface area contributed by atoms with Crippen molar-refractivity contribution in [3.05, 3.63) is 47.2 Å². The van der Waals surface area contributed by atoms with Crippen molar-refractivity contribution in [2.45, 2.75) is 25.3 Å². The van der Waals surface area contributed by atoms with Crippen LogP contribution in [-0.2, 0) is 6.42 Å². The molecular formula is C16H21N2O+. The summed E-state index contributed by atoms with van der Waals surface area (Å²) in [5, 5.41) is 13.0. The second-order valence-electron chi connectivity index (χ2n) is 5.48. The van der Waals surface area contributed by atoms with E-state index in [9.17, 15) is 5.11 Å². The van der Waals surface area contributed by atoms with E-state index in [1.54, 1.807) is 0 Å². The van der Waals surface area contributed by atoms with Gasteiger partial charge in [-0.1, -0.05) is 23.8 Å². The van der Waals surface area contributed by atoms with Gasteiger partial charge in [0.1, 0.15) is 6.04 Å². The van der Waals surface area contributed by atoms with Crippen LogP contribution in [0.2, 0.25) is 0 Å². The highest BCUT2D eigenvalue weighted by Crippen LogP contribution is 2.36. The van der Waals surface area contributed by atoms with Crippen LogP contribution >= 0.6 is 0 Å². The van der Waals surface area contributed by atoms with Crippen LogP contribution in [0.3, 0.4) is 0 Å². The predicted molar refractivity (Wildman–Crippen MR) is 77.2 cm³/mol. The molecule has 1 aromatic carbocycles. The third-order valence-corrected chi connectivity index (χ3v) is 4.24. The number of H-pyrrole nitrogens is 1. The van der Waals surface area contributed by atoms with Crippen molar-refractivity contribution in [1.82, 2.24) is 4.98 Å². The van der Waals surface area contributed by atoms with Crippen molar-refractivity contribution in [2.75, 3.05) is 13.7 Å². The third kappa shape index (κ3) is 1.99. The largest absolute Gasteiger partial charge is 0.392 e. The Morgan fingerprint density at radius 3 is 3.11 bits per heavy atom. The second-order valence-corrected chi connectivity index (χ2v) is 5.48. The van der Waals surface area contributed by atoms with Crippen molar-refractivity contribution in [1.29, 1.82) is 0 Å². The summed E-state index contributed by atoms with van der Waals surface area (Å²) in [6, 6.07) is 6.99. The molecule has 1 heterocycles. The van der Waals surface area contributed by atoms with Gasteiger partial charge in [-0.3, -0.25) is 0 Å². The Morgan fingerprint density at radius 2 is 2.37 bits per heavy atom. The van der Waals surface area contributed by atoms with Crippen molar-refractivity contribution < 1.29 is 10.4 Å². The van der Waals surface area contributed by atoms with Gasteiger partial charge in [0.25, 0.3) is 0 Å². The zero-order chi connectivity index (χ0) is 13.4. The van der Waals surface area contributed by atoms with Crippen LogP contribution in [0, 0.1) is 0 Å². The molecule has 0 saturated heterocycles. The van der Waals surface area contributed by atoms with Gasteiger partial charge in [0, 0.05) is 23.5 Å². The minimum atomic E-state index is 0.142. The summed E-state index contributed by atoms with van der Waals surface area (Å²) in [7, 11) is 2.14. The fraction of sp³-hybridized carbons (Fsp3) is 0.375. The average molecular weight is 257 g/mol. The van der Waals surface area contributed by atoms with Crippen LogP contribution in [0.15, 0.2) is 36.0 Å². The number of aromatic nitrogens is 1. The number of likely N-dealkylation sites (N-methyl/N-ethyl adjacent to an activating group) is 1. The first-order valence-electron chi connectivity index (χ1n) is 6.91. The Morgan fingerprint density at radius 1 is 1.53 bits per heavy atom. The highest BCUT2D eigenvalue weighted by atomic mass is 16.3. The monoisotopic (exact) mass is 257 g/mol. The minimum absolute atomic E-state index is 0.142. The van der Waals surface area contributed by atoms with E-state index in [2.05, 4.69) is 47.8 Å². The van der Waals surface area contributed by atoms with Crippen molar-refractivity contribution >= 4 is 10.9 Å². The lowest BCUT2D eigenvalue weighted by Gasteiger charge is -2.27. The fourth-order valence-electron chi connectivity index (χ4n) is 3.23. The maximum Gasteiger partial charge on any atom is 0.100 e. The lowest BCUT2D eigenvalue weighted by Crippen LogP contribution is -2.88. The van der Waals surface area contributed by atoms with E-state index in [1.165, 1.54) is 22.0 Å². The first-order chi connectivity index (χ1) is 9.24. The van der Waals surface area contributed by atoms with Gasteiger partial charge in [-0.25, -0.2) is 0 Å². The zero-order valence-corrected chi connectivity index (χ0v) is 11.5. The van der Waals surface area contributed by atoms with E-state index >= 15 is 0 Å². The highest BCUT2D eigenvalue weighted by Gasteiger charge is 2.31. The molecule has 4 N–H and O–H groups in total. The molecule has 1 aliphatic carbocycles. The number of nitrogens with two attached hydrogens (primary N) is 1. The summed E-state index contributed by atoms with van der Waals surface area (Å²) in [5.41, 5.74) is 5.07. The minimum Gasteiger partial charge on any atom is -0.392 e. The Balaban J connectivity index is 2.17. The molecule has 0 amide bonds. The maximum absolute atomic E-state index is 9.29. The summed E-state index contributed by atoms with van der Waals surface area (Å²) in [4.78, 5) is 3.37. The van der Waals surface area contributed by atoms with Crippen LogP contribution in [0.1, 0.15) is 24.0 Å². The molecule has 1 aliphatic rings. The molecule has 3 heteroatoms. The fourth-order valence-corrected chi connectivity index (χ4v) is 3.23. The number of hydrogen-bond donors (Lipinski definition) is 3. The van der Waals surface area contributed by atoms with Gasteiger partial charge in [0.15, 0.2) is 0 Å². The molecule has 0 unspecified atom stereocenters. The van der Waals surface area contributed by atoms with Crippen LogP contribution in [0.5, 0.6) is 0 Å². The standard InChI is InChI=1S/C16H20N2O/c1-10(9-19)6-13-12-4-3-5-14-16(12)11(8-18-14)7-15(13)17-2/h3-6,8,13,15,17-19H,7,9H2,1-2H3/p+1/b10-6+/t13-,15-/m1/s1. The van der Waals surface area contributed by atoms with Crippen LogP contribution in [0.25, 0.3) is 10.9 Å². The molecule has 0 spiro atoms. The molecule has 0 aliphatic heterocycles. The van der Waals surface area contributed by atoms with Crippen molar-refractivity contribution in [3.8, 4) is 0 Å². The summed E-state index contributed by atoms with van der Waals surface area (Å²) >= 11 is 0. The number of quaternary nitrogens is 1. The second kappa shape index (κ2) is 4.83. The molecule has 0 fully saturated rings. The summed E-state index contributed by atoms with van der Waals surface area (Å²) in [6.07, 6.45) is 5.45. The van der Waals surface area contributed by atoms with E-state index in [0.29, 0.717) is 12.0 Å². The lowest BCUT2D eigenvalue weighted by molar-refractivity contribution is -0.665. The van der Waals surface area contributed by atoms with E-state index in [1.807, 2.05) is 6.92 Å². The molecule has 0 radical (unpaired) electrons. The molecule has 0 bridgehead atoms. The topological polar surface area (TPSA) is 52.6 Å². The Kier molecular flexibility index (Phi) is 3.17. The number of aliphatic hydroxyl groups excluding tert-OH is 1. The number of aliphatic hydroxyl groups is 1. The van der Waals surface area contributed by atoms with E-state index in [4.69, 9.17) is 0 Å². The summed E-state index contributed by atoms with van der Waals surface area (Å²) in [5.74, 6) is 0.379. The van der Waals surface area contributed by atoms with Gasteiger partial charge in [-0.2, -0.15) is 0 Å². The number of nitrogens with one attached hydrogen (secondary N) is 1. The number of hydrogen-bond acceptors (Lipinski definition) is 1. The van der Waals surface area contributed by atoms with Crippen LogP contribution in [0.4, 0.5) is 0 Å². The molecular weight excluding hydrogens is 236 g/mol. The molecule has 0 saturated carbocycles. The zero-order valence-electron chi connectivity index (χ0n) is 11.5. The molecule has 3 nitrogen and oxygen atoms in total. The highest BCUT2D eigenvalue weighted by molar-refractivity contribution is 5.88. The Hall–Kier alpha value is -1.58. The SMILES string of the molecule is C[NH2+][C@@H]1Cc2c[nH]c3cccc(c23)[C@H]1/C=C(\C)CO. The molecule has 19 heavy (non-hydrogen) atoms. The molecule has 100 valence electrons. The smallest absolute Gasteiger partial charge is 0.100 e. The molecule has 1 aromatic heterocycles. The third-order valence-electron chi connectivity index (χ3n) is 4.24. The van der Waals surface area contributed by atoms with Crippen molar-refractivity contribution in [2.24, 2.45) is 0 Å². The van der Waals surface area contributed by atoms with Gasteiger partial charge in [0.2, 0.25) is 0 Å². The van der Waals surface area contributed by atoms with E-state index < -0.39 is 0 Å². The van der Waals surface area contributed by atoms with Gasteiger partial charge in [-0.05, 0) is 24.1 Å². The van der Waals surface area contributed by atoms with Gasteiger partial charge >= 0.3 is 0 Å². The Labute approximate surface area is 113 Å². The summed E-state index contributed by atoms with van der Waals surface area (Å²) < 4.78 is 0. The van der Waals surface area contributed by atoms with Gasteiger partial charge in [0.05, 0.1) is 19.6 Å². The first kappa shape index (κ1) is 12.5. The van der Waals surface area contributed by atoms with Gasteiger partial charge in [-0.15, -0.1) is 0 Å². The molecule has 2 aromatic rings. The number of rotatable bonds is 3. The number of benzene rings is 1.